The zero-order valence-corrected chi connectivity index (χ0v) is 20.8. The molecular formula is C29H46O2. The third-order valence-corrected chi connectivity index (χ3v) is 12.9. The first-order chi connectivity index (χ1) is 14.7. The van der Waals surface area contributed by atoms with Gasteiger partial charge < -0.3 is 9.84 Å². The summed E-state index contributed by atoms with van der Waals surface area (Å²) >= 11 is 0. The van der Waals surface area contributed by atoms with Gasteiger partial charge >= 0.3 is 0 Å². The summed E-state index contributed by atoms with van der Waals surface area (Å²) < 4.78 is 6.27. The predicted molar refractivity (Wildman–Crippen MR) is 126 cm³/mol. The van der Waals surface area contributed by atoms with E-state index in [2.05, 4.69) is 40.7 Å². The van der Waals surface area contributed by atoms with Gasteiger partial charge in [0.05, 0.1) is 18.8 Å². The van der Waals surface area contributed by atoms with E-state index in [4.69, 9.17) is 4.74 Å². The maximum atomic E-state index is 10.6. The molecule has 31 heavy (non-hydrogen) atoms. The molecule has 0 aromatic rings. The number of hydrogen-bond acceptors (Lipinski definition) is 2. The molecule has 5 saturated carbocycles. The van der Waals surface area contributed by atoms with Crippen molar-refractivity contribution in [2.75, 3.05) is 6.61 Å². The Labute approximate surface area is 190 Å². The van der Waals surface area contributed by atoms with Crippen LogP contribution in [0.1, 0.15) is 98.8 Å². The smallest absolute Gasteiger partial charge is 0.0761 e. The van der Waals surface area contributed by atoms with Crippen LogP contribution in [0.2, 0.25) is 0 Å². The number of allylic oxidation sites excluding steroid dienone is 1. The molecule has 2 spiro atoms. The van der Waals surface area contributed by atoms with Gasteiger partial charge in [0.25, 0.3) is 0 Å². The number of hydrogen-bond donors (Lipinski definition) is 1. The van der Waals surface area contributed by atoms with Gasteiger partial charge in [-0.05, 0) is 129 Å². The molecule has 6 rings (SSSR count). The summed E-state index contributed by atoms with van der Waals surface area (Å²) in [6, 6.07) is 0. The van der Waals surface area contributed by atoms with Crippen molar-refractivity contribution in [2.45, 2.75) is 111 Å². The van der Waals surface area contributed by atoms with Gasteiger partial charge in [-0.2, -0.15) is 0 Å². The molecule has 1 aliphatic heterocycles. The van der Waals surface area contributed by atoms with Crippen LogP contribution in [0.4, 0.5) is 0 Å². The van der Waals surface area contributed by atoms with E-state index in [1.54, 1.807) is 0 Å². The summed E-state index contributed by atoms with van der Waals surface area (Å²) in [4.78, 5) is 0. The quantitative estimate of drug-likeness (QED) is 0.494. The van der Waals surface area contributed by atoms with Crippen LogP contribution in [-0.4, -0.2) is 23.9 Å². The molecule has 174 valence electrons. The van der Waals surface area contributed by atoms with Crippen LogP contribution < -0.4 is 0 Å². The minimum Gasteiger partial charge on any atom is -0.393 e. The fourth-order valence-electron chi connectivity index (χ4n) is 11.3. The summed E-state index contributed by atoms with van der Waals surface area (Å²) in [5.74, 6) is 3.86. The van der Waals surface area contributed by atoms with Crippen molar-refractivity contribution in [1.82, 2.24) is 0 Å². The van der Waals surface area contributed by atoms with Crippen molar-refractivity contribution in [3.8, 4) is 0 Å². The molecule has 0 bridgehead atoms. The van der Waals surface area contributed by atoms with E-state index in [1.807, 2.05) is 0 Å². The van der Waals surface area contributed by atoms with E-state index in [-0.39, 0.29) is 6.10 Å². The lowest BCUT2D eigenvalue weighted by Gasteiger charge is -2.62. The van der Waals surface area contributed by atoms with Gasteiger partial charge in [-0.1, -0.05) is 32.4 Å². The maximum Gasteiger partial charge on any atom is 0.0761 e. The zero-order chi connectivity index (χ0) is 21.8. The summed E-state index contributed by atoms with van der Waals surface area (Å²) in [5, 5.41) is 10.6. The minimum absolute atomic E-state index is 0.0405. The molecule has 0 aromatic carbocycles. The van der Waals surface area contributed by atoms with Crippen molar-refractivity contribution in [3.63, 3.8) is 0 Å². The van der Waals surface area contributed by atoms with Gasteiger partial charge in [0, 0.05) is 0 Å². The van der Waals surface area contributed by atoms with Gasteiger partial charge in [0.1, 0.15) is 0 Å². The second-order valence-electron chi connectivity index (χ2n) is 13.8. The van der Waals surface area contributed by atoms with Crippen molar-refractivity contribution in [2.24, 2.45) is 51.2 Å². The molecule has 0 aromatic heterocycles. The highest BCUT2D eigenvalue weighted by molar-refractivity contribution is 5.29. The van der Waals surface area contributed by atoms with Crippen LogP contribution in [0.25, 0.3) is 0 Å². The van der Waals surface area contributed by atoms with E-state index >= 15 is 0 Å². The van der Waals surface area contributed by atoms with Crippen molar-refractivity contribution >= 4 is 0 Å². The highest BCUT2D eigenvalue weighted by Crippen LogP contribution is 2.88. The number of ether oxygens (including phenoxy) is 1. The Hall–Kier alpha value is -0.340. The molecule has 1 saturated heterocycles. The highest BCUT2D eigenvalue weighted by atomic mass is 16.5. The Kier molecular flexibility index (Phi) is 4.53. The van der Waals surface area contributed by atoms with E-state index in [9.17, 15) is 5.11 Å². The molecule has 0 amide bonds. The van der Waals surface area contributed by atoms with Crippen LogP contribution in [-0.2, 0) is 4.74 Å². The van der Waals surface area contributed by atoms with E-state index in [0.717, 1.165) is 36.7 Å². The first kappa shape index (κ1) is 21.2. The Morgan fingerprint density at radius 3 is 2.48 bits per heavy atom. The average molecular weight is 427 g/mol. The van der Waals surface area contributed by atoms with Crippen LogP contribution in [0, 0.1) is 51.2 Å². The Morgan fingerprint density at radius 1 is 0.903 bits per heavy atom. The Morgan fingerprint density at radius 2 is 1.71 bits per heavy atom. The van der Waals surface area contributed by atoms with Gasteiger partial charge in [-0.25, -0.2) is 0 Å². The van der Waals surface area contributed by atoms with Crippen molar-refractivity contribution in [3.05, 3.63) is 11.6 Å². The first-order valence-electron chi connectivity index (χ1n) is 13.6. The van der Waals surface area contributed by atoms with E-state index in [0.29, 0.717) is 33.7 Å². The summed E-state index contributed by atoms with van der Waals surface area (Å²) in [6.07, 6.45) is 16.4. The molecule has 2 nitrogen and oxygen atoms in total. The van der Waals surface area contributed by atoms with E-state index < -0.39 is 0 Å². The lowest BCUT2D eigenvalue weighted by molar-refractivity contribution is -0.143. The molecule has 11 unspecified atom stereocenters. The van der Waals surface area contributed by atoms with Crippen LogP contribution in [0.5, 0.6) is 0 Å². The maximum absolute atomic E-state index is 10.6. The molecule has 6 aliphatic rings. The molecule has 6 fully saturated rings. The highest BCUT2D eigenvalue weighted by Gasteiger charge is 2.81. The molecule has 0 radical (unpaired) electrons. The molecule has 2 heteroatoms. The van der Waals surface area contributed by atoms with Gasteiger partial charge in [-0.15, -0.1) is 0 Å². The third kappa shape index (κ3) is 2.53. The molecule has 1 heterocycles. The van der Waals surface area contributed by atoms with Crippen LogP contribution in [0.3, 0.4) is 0 Å². The predicted octanol–water partition coefficient (Wildman–Crippen LogP) is 6.77. The summed E-state index contributed by atoms with van der Waals surface area (Å²) in [5.41, 5.74) is 3.63. The molecule has 5 aliphatic carbocycles. The van der Waals surface area contributed by atoms with Gasteiger partial charge in [-0.3, -0.25) is 0 Å². The SMILES string of the molecule is CC(C)=CC1CC(C2CCC3(C)C4CCC5C(C)C(O)CCC56CC46CCC23C)CO1. The first-order valence-corrected chi connectivity index (χ1v) is 13.6. The largest absolute Gasteiger partial charge is 0.393 e. The topological polar surface area (TPSA) is 29.5 Å². The van der Waals surface area contributed by atoms with E-state index in [1.165, 1.54) is 63.4 Å². The number of aliphatic hydroxyl groups excluding tert-OH is 1. The summed E-state index contributed by atoms with van der Waals surface area (Å²) in [6.45, 7) is 13.2. The van der Waals surface area contributed by atoms with Crippen LogP contribution in [0.15, 0.2) is 11.6 Å². The second kappa shape index (κ2) is 6.62. The number of rotatable bonds is 2. The lowest BCUT2D eigenvalue weighted by Crippen LogP contribution is -2.56. The zero-order valence-electron chi connectivity index (χ0n) is 20.8. The molecule has 1 N–H and O–H groups in total. The third-order valence-electron chi connectivity index (χ3n) is 12.9. The Balaban J connectivity index is 1.27. The summed E-state index contributed by atoms with van der Waals surface area (Å²) in [7, 11) is 0. The fraction of sp³-hybridized carbons (Fsp3) is 0.931. The van der Waals surface area contributed by atoms with Crippen molar-refractivity contribution < 1.29 is 9.84 Å². The second-order valence-corrected chi connectivity index (χ2v) is 13.8. The average Bonchev–Trinajstić information content (AvgIpc) is 3.02. The molecular weight excluding hydrogens is 380 g/mol. The normalized spacial score (nSPS) is 59.9. The number of aliphatic hydroxyl groups is 1. The Bertz CT molecular complexity index is 784. The van der Waals surface area contributed by atoms with Crippen molar-refractivity contribution in [1.29, 1.82) is 0 Å². The van der Waals surface area contributed by atoms with Gasteiger partial charge in [0.2, 0.25) is 0 Å². The van der Waals surface area contributed by atoms with Crippen LogP contribution >= 0.6 is 0 Å². The monoisotopic (exact) mass is 426 g/mol. The lowest BCUT2D eigenvalue weighted by atomic mass is 9.43. The number of fused-ring (bicyclic) bond motifs is 2. The standard InChI is InChI=1S/C29H46O2/c1-18(2)14-21-15-20(16-31-21)23-8-10-27(5)25-7-6-22-19(3)24(30)9-11-28(22)17-29(25,28)13-12-26(23,27)4/h14,19-25,30H,6-13,15-17H2,1-5H3. The fourth-order valence-corrected chi connectivity index (χ4v) is 11.3. The minimum atomic E-state index is -0.0405. The van der Waals surface area contributed by atoms with Gasteiger partial charge in [0.15, 0.2) is 0 Å². The molecule has 11 atom stereocenters.